The molecule has 0 fully saturated rings. The Bertz CT molecular complexity index is 642. The fourth-order valence-electron chi connectivity index (χ4n) is 1.82. The Balaban J connectivity index is 2.06. The van der Waals surface area contributed by atoms with E-state index in [1.807, 2.05) is 0 Å². The third-order valence-electron chi connectivity index (χ3n) is 2.69. The lowest BCUT2D eigenvalue weighted by atomic mass is 10.2. The molecule has 0 aliphatic rings. The lowest BCUT2D eigenvalue weighted by Gasteiger charge is -2.14. The lowest BCUT2D eigenvalue weighted by molar-refractivity contribution is -0.0518. The van der Waals surface area contributed by atoms with Crippen LogP contribution in [0.3, 0.4) is 0 Å². The van der Waals surface area contributed by atoms with Gasteiger partial charge in [0.2, 0.25) is 0 Å². The van der Waals surface area contributed by atoms with Crippen molar-refractivity contribution in [3.8, 4) is 11.5 Å². The number of aromatic nitrogens is 1. The molecule has 2 N–H and O–H groups in total. The van der Waals surface area contributed by atoms with E-state index in [0.29, 0.717) is 18.7 Å². The minimum atomic E-state index is -2.92. The van der Waals surface area contributed by atoms with Crippen LogP contribution in [0.4, 0.5) is 8.78 Å². The van der Waals surface area contributed by atoms with Crippen LogP contribution in [0.25, 0.3) is 0 Å². The lowest BCUT2D eigenvalue weighted by Crippen LogP contribution is -2.15. The van der Waals surface area contributed by atoms with Gasteiger partial charge in [0.05, 0.1) is 7.11 Å². The molecule has 0 bridgehead atoms. The van der Waals surface area contributed by atoms with Crippen molar-refractivity contribution in [2.24, 2.45) is 0 Å². The third kappa shape index (κ3) is 4.27. The summed E-state index contributed by atoms with van der Waals surface area (Å²) in [4.78, 5) is 13.5. The first-order valence-electron chi connectivity index (χ1n) is 6.08. The normalized spacial score (nSPS) is 10.9. The highest BCUT2D eigenvalue weighted by Gasteiger charge is 2.15. The summed E-state index contributed by atoms with van der Waals surface area (Å²) in [5.41, 5.74) is 1.29. The van der Waals surface area contributed by atoms with E-state index in [2.05, 4.69) is 15.0 Å². The van der Waals surface area contributed by atoms with Crippen molar-refractivity contribution in [2.75, 3.05) is 7.11 Å². The highest BCUT2D eigenvalue weighted by atomic mass is 32.1. The van der Waals surface area contributed by atoms with Crippen LogP contribution in [-0.2, 0) is 13.1 Å². The fraction of sp³-hybridized carbons (Fsp3) is 0.308. The predicted molar refractivity (Wildman–Crippen MR) is 75.1 cm³/mol. The molecule has 0 unspecified atom stereocenters. The summed E-state index contributed by atoms with van der Waals surface area (Å²) in [6.07, 6.45) is 0. The summed E-state index contributed by atoms with van der Waals surface area (Å²) in [5.74, 6) is 0.264. The van der Waals surface area contributed by atoms with Crippen molar-refractivity contribution in [3.05, 3.63) is 44.5 Å². The summed E-state index contributed by atoms with van der Waals surface area (Å²) in [6, 6.07) is 4.92. The van der Waals surface area contributed by atoms with Crippen LogP contribution in [-0.4, -0.2) is 18.7 Å². The Kier molecular flexibility index (Phi) is 5.29. The zero-order valence-corrected chi connectivity index (χ0v) is 12.0. The Labute approximate surface area is 123 Å². The van der Waals surface area contributed by atoms with Gasteiger partial charge in [-0.2, -0.15) is 8.78 Å². The molecule has 5 nitrogen and oxygen atoms in total. The zero-order valence-electron chi connectivity index (χ0n) is 11.2. The maximum Gasteiger partial charge on any atom is 0.387 e. The van der Waals surface area contributed by atoms with Crippen LogP contribution in [0, 0.1) is 0 Å². The molecule has 1 heterocycles. The van der Waals surface area contributed by atoms with Crippen LogP contribution in [0.1, 0.15) is 11.3 Å². The van der Waals surface area contributed by atoms with Gasteiger partial charge in [-0.3, -0.25) is 4.79 Å². The first kappa shape index (κ1) is 15.5. The SMILES string of the molecule is COc1cccc(CNCc2csc(=O)[nH]2)c1OC(F)F. The van der Waals surface area contributed by atoms with Gasteiger partial charge in [-0.05, 0) is 6.07 Å². The molecule has 0 amide bonds. The van der Waals surface area contributed by atoms with Gasteiger partial charge in [0.15, 0.2) is 11.5 Å². The van der Waals surface area contributed by atoms with Crippen LogP contribution >= 0.6 is 11.3 Å². The number of ether oxygens (including phenoxy) is 2. The average molecular weight is 316 g/mol. The smallest absolute Gasteiger partial charge is 0.387 e. The molecule has 0 aliphatic carbocycles. The molecule has 0 radical (unpaired) electrons. The maximum absolute atomic E-state index is 12.5. The second-order valence-electron chi connectivity index (χ2n) is 4.10. The molecule has 1 aromatic heterocycles. The Morgan fingerprint density at radius 3 is 2.81 bits per heavy atom. The number of methoxy groups -OCH3 is 1. The van der Waals surface area contributed by atoms with Crippen molar-refractivity contribution in [1.29, 1.82) is 0 Å². The van der Waals surface area contributed by atoms with Gasteiger partial charge in [0, 0.05) is 29.7 Å². The molecule has 0 saturated heterocycles. The van der Waals surface area contributed by atoms with Gasteiger partial charge in [0.25, 0.3) is 0 Å². The molecule has 0 atom stereocenters. The second-order valence-corrected chi connectivity index (χ2v) is 4.95. The average Bonchev–Trinajstić information content (AvgIpc) is 2.85. The van der Waals surface area contributed by atoms with E-state index in [1.54, 1.807) is 23.6 Å². The largest absolute Gasteiger partial charge is 0.493 e. The molecule has 1 aromatic carbocycles. The molecule has 0 spiro atoms. The summed E-state index contributed by atoms with van der Waals surface area (Å²) < 4.78 is 34.5. The highest BCUT2D eigenvalue weighted by molar-refractivity contribution is 7.07. The molecule has 8 heteroatoms. The highest BCUT2D eigenvalue weighted by Crippen LogP contribution is 2.32. The van der Waals surface area contributed by atoms with Crippen molar-refractivity contribution in [1.82, 2.24) is 10.3 Å². The first-order valence-corrected chi connectivity index (χ1v) is 6.96. The Hall–Kier alpha value is -1.93. The molecule has 2 aromatic rings. The van der Waals surface area contributed by atoms with Crippen molar-refractivity contribution in [3.63, 3.8) is 0 Å². The van der Waals surface area contributed by atoms with E-state index < -0.39 is 6.61 Å². The number of para-hydroxylation sites is 1. The van der Waals surface area contributed by atoms with Crippen molar-refractivity contribution >= 4 is 11.3 Å². The number of halogens is 2. The van der Waals surface area contributed by atoms with E-state index in [-0.39, 0.29) is 16.4 Å². The van der Waals surface area contributed by atoms with Crippen LogP contribution in [0.5, 0.6) is 11.5 Å². The molecule has 2 rings (SSSR count). The zero-order chi connectivity index (χ0) is 15.2. The number of aromatic amines is 1. The van der Waals surface area contributed by atoms with E-state index in [1.165, 1.54) is 7.11 Å². The topological polar surface area (TPSA) is 63.3 Å². The molecule has 114 valence electrons. The van der Waals surface area contributed by atoms with E-state index >= 15 is 0 Å². The minimum absolute atomic E-state index is 0.0151. The molecular formula is C13H14F2N2O3S. The second kappa shape index (κ2) is 7.19. The van der Waals surface area contributed by atoms with Gasteiger partial charge in [-0.25, -0.2) is 0 Å². The van der Waals surface area contributed by atoms with Gasteiger partial charge in [-0.1, -0.05) is 23.5 Å². The number of hydrogen-bond donors (Lipinski definition) is 2. The summed E-state index contributed by atoms with van der Waals surface area (Å²) in [5, 5.41) is 4.76. The Morgan fingerprint density at radius 1 is 1.38 bits per heavy atom. The summed E-state index contributed by atoms with van der Waals surface area (Å²) in [6.45, 7) is -2.20. The van der Waals surface area contributed by atoms with Gasteiger partial charge in [-0.15, -0.1) is 0 Å². The third-order valence-corrected chi connectivity index (χ3v) is 3.41. The standard InChI is InChI=1S/C13H14F2N2O3S/c1-19-10-4-2-3-8(11(10)20-12(14)15)5-16-6-9-7-21-13(18)17-9/h2-4,7,12,16H,5-6H2,1H3,(H,17,18). The van der Waals surface area contributed by atoms with E-state index in [4.69, 9.17) is 4.74 Å². The maximum atomic E-state index is 12.5. The van der Waals surface area contributed by atoms with Gasteiger partial charge < -0.3 is 19.8 Å². The van der Waals surface area contributed by atoms with E-state index in [0.717, 1.165) is 17.0 Å². The molecule has 21 heavy (non-hydrogen) atoms. The number of alkyl halides is 2. The quantitative estimate of drug-likeness (QED) is 0.823. The molecule has 0 saturated carbocycles. The molecule has 0 aliphatic heterocycles. The summed E-state index contributed by atoms with van der Waals surface area (Å²) in [7, 11) is 1.39. The number of benzene rings is 1. The van der Waals surface area contributed by atoms with Crippen LogP contribution < -0.4 is 19.7 Å². The van der Waals surface area contributed by atoms with Crippen LogP contribution in [0.15, 0.2) is 28.4 Å². The first-order chi connectivity index (χ1) is 10.1. The number of thiazole rings is 1. The van der Waals surface area contributed by atoms with Crippen molar-refractivity contribution < 1.29 is 18.3 Å². The van der Waals surface area contributed by atoms with Crippen molar-refractivity contribution in [2.45, 2.75) is 19.7 Å². The summed E-state index contributed by atoms with van der Waals surface area (Å²) >= 11 is 1.07. The number of hydrogen-bond acceptors (Lipinski definition) is 5. The number of H-pyrrole nitrogens is 1. The molecular weight excluding hydrogens is 302 g/mol. The fourth-order valence-corrected chi connectivity index (χ4v) is 2.40. The monoisotopic (exact) mass is 316 g/mol. The minimum Gasteiger partial charge on any atom is -0.493 e. The van der Waals surface area contributed by atoms with Gasteiger partial charge >= 0.3 is 11.5 Å². The van der Waals surface area contributed by atoms with Gasteiger partial charge in [0.1, 0.15) is 0 Å². The number of rotatable bonds is 7. The number of nitrogens with one attached hydrogen (secondary N) is 2. The van der Waals surface area contributed by atoms with E-state index in [9.17, 15) is 13.6 Å². The Morgan fingerprint density at radius 2 is 2.19 bits per heavy atom. The van der Waals surface area contributed by atoms with Crippen LogP contribution in [0.2, 0.25) is 0 Å². The predicted octanol–water partition coefficient (Wildman–Crippen LogP) is 2.34.